The molecule has 1 N–H and O–H groups in total. The summed E-state index contributed by atoms with van der Waals surface area (Å²) in [6, 6.07) is 10.2. The highest BCUT2D eigenvalue weighted by Gasteiger charge is 2.40. The van der Waals surface area contributed by atoms with E-state index in [0.717, 1.165) is 37.7 Å². The van der Waals surface area contributed by atoms with E-state index in [0.29, 0.717) is 24.2 Å². The Hall–Kier alpha value is -3.40. The smallest absolute Gasteiger partial charge is 0.251 e. The number of pyridine rings is 1. The lowest BCUT2D eigenvalue weighted by molar-refractivity contribution is -0.128. The second-order valence-electron chi connectivity index (χ2n) is 11.0. The fraction of sp³-hybridized carbons (Fsp3) is 0.517. The monoisotopic (exact) mass is 487 g/mol. The van der Waals surface area contributed by atoms with E-state index >= 15 is 0 Å². The van der Waals surface area contributed by atoms with Gasteiger partial charge in [0.05, 0.1) is 0 Å². The first kappa shape index (κ1) is 25.7. The van der Waals surface area contributed by atoms with E-state index < -0.39 is 12.1 Å². The third kappa shape index (κ3) is 5.70. The van der Waals surface area contributed by atoms with E-state index in [1.54, 1.807) is 23.4 Å². The zero-order valence-electron chi connectivity index (χ0n) is 21.6. The first-order chi connectivity index (χ1) is 17.3. The van der Waals surface area contributed by atoms with Crippen LogP contribution >= 0.6 is 0 Å². The quantitative estimate of drug-likeness (QED) is 0.589. The minimum absolute atomic E-state index is 0.0441. The molecule has 1 saturated heterocycles. The van der Waals surface area contributed by atoms with E-state index in [1.165, 1.54) is 11.3 Å². The standard InChI is InChI=1S/C29H37N5O2/c1-29(2,3)22-13-15-24(16-14-22)34(28(36)25-12-8-18-33(25)20-30)26(21-9-7-17-31-19-21)27(35)32-23-10-5-4-6-11-23/h7,9,13-17,19,23,25-26H,4-6,8,10-12,18H2,1-3H3,(H,32,35). The van der Waals surface area contributed by atoms with Gasteiger partial charge in [0.15, 0.2) is 6.19 Å². The zero-order valence-corrected chi connectivity index (χ0v) is 21.6. The number of rotatable bonds is 6. The number of carbonyl (C=O) groups is 2. The second kappa shape index (κ2) is 11.1. The van der Waals surface area contributed by atoms with Crippen molar-refractivity contribution in [3.63, 3.8) is 0 Å². The lowest BCUT2D eigenvalue weighted by atomic mass is 9.87. The number of nitrogens with one attached hydrogen (secondary N) is 1. The molecule has 1 aliphatic carbocycles. The Labute approximate surface area is 214 Å². The number of anilines is 1. The van der Waals surface area contributed by atoms with Crippen molar-refractivity contribution in [1.82, 2.24) is 15.2 Å². The molecular weight excluding hydrogens is 450 g/mol. The Morgan fingerprint density at radius 1 is 1.08 bits per heavy atom. The van der Waals surface area contributed by atoms with Crippen LogP contribution in [0.15, 0.2) is 48.8 Å². The summed E-state index contributed by atoms with van der Waals surface area (Å²) in [5, 5.41) is 12.9. The first-order valence-corrected chi connectivity index (χ1v) is 13.1. The topological polar surface area (TPSA) is 89.3 Å². The van der Waals surface area contributed by atoms with Crippen LogP contribution in [0.25, 0.3) is 0 Å². The maximum Gasteiger partial charge on any atom is 0.251 e. The number of nitriles is 1. The SMILES string of the molecule is CC(C)(C)c1ccc(N(C(=O)C2CCCN2C#N)C(C(=O)NC2CCCCC2)c2cccnc2)cc1. The molecular formula is C29H37N5O2. The molecule has 2 atom stereocenters. The lowest BCUT2D eigenvalue weighted by Gasteiger charge is -2.35. The van der Waals surface area contributed by atoms with Crippen LogP contribution in [0.5, 0.6) is 0 Å². The van der Waals surface area contributed by atoms with Gasteiger partial charge in [0.2, 0.25) is 5.91 Å². The molecule has 1 aromatic heterocycles. The Bertz CT molecular complexity index is 1080. The van der Waals surface area contributed by atoms with Gasteiger partial charge in [-0.3, -0.25) is 24.4 Å². The summed E-state index contributed by atoms with van der Waals surface area (Å²) in [6.45, 7) is 6.98. The summed E-state index contributed by atoms with van der Waals surface area (Å²) in [4.78, 5) is 35.5. The molecule has 2 heterocycles. The number of amides is 2. The number of benzene rings is 1. The second-order valence-corrected chi connectivity index (χ2v) is 11.0. The Morgan fingerprint density at radius 2 is 1.81 bits per heavy atom. The summed E-state index contributed by atoms with van der Waals surface area (Å²) < 4.78 is 0. The van der Waals surface area contributed by atoms with Gasteiger partial charge in [-0.2, -0.15) is 5.26 Å². The third-order valence-corrected chi connectivity index (χ3v) is 7.37. The Balaban J connectivity index is 1.77. The molecule has 7 nitrogen and oxygen atoms in total. The highest BCUT2D eigenvalue weighted by atomic mass is 16.2. The van der Waals surface area contributed by atoms with Crippen LogP contribution in [0.2, 0.25) is 0 Å². The van der Waals surface area contributed by atoms with Crippen molar-refractivity contribution < 1.29 is 9.59 Å². The van der Waals surface area contributed by atoms with Gasteiger partial charge < -0.3 is 5.32 Å². The minimum Gasteiger partial charge on any atom is -0.351 e. The van der Waals surface area contributed by atoms with Crippen LogP contribution in [0.1, 0.15) is 82.9 Å². The summed E-state index contributed by atoms with van der Waals surface area (Å²) in [7, 11) is 0. The van der Waals surface area contributed by atoms with Gasteiger partial charge in [0.25, 0.3) is 5.91 Å². The Morgan fingerprint density at radius 3 is 2.42 bits per heavy atom. The molecule has 2 unspecified atom stereocenters. The van der Waals surface area contributed by atoms with Crippen LogP contribution in [-0.2, 0) is 15.0 Å². The van der Waals surface area contributed by atoms with Crippen LogP contribution in [0.4, 0.5) is 5.69 Å². The fourth-order valence-electron chi connectivity index (χ4n) is 5.31. The third-order valence-electron chi connectivity index (χ3n) is 7.37. The highest BCUT2D eigenvalue weighted by Crippen LogP contribution is 2.33. The van der Waals surface area contributed by atoms with Gasteiger partial charge in [-0.25, -0.2) is 0 Å². The molecule has 2 amide bonds. The normalized spacial score (nSPS) is 19.4. The molecule has 2 aliphatic rings. The number of hydrogen-bond donors (Lipinski definition) is 1. The number of likely N-dealkylation sites (tertiary alicyclic amines) is 1. The van der Waals surface area contributed by atoms with Crippen LogP contribution in [-0.4, -0.2) is 40.3 Å². The molecule has 2 fully saturated rings. The summed E-state index contributed by atoms with van der Waals surface area (Å²) in [6.07, 6.45) is 12.1. The number of aromatic nitrogens is 1. The lowest BCUT2D eigenvalue weighted by Crippen LogP contribution is -2.51. The summed E-state index contributed by atoms with van der Waals surface area (Å²) in [5.74, 6) is -0.435. The van der Waals surface area contributed by atoms with E-state index in [4.69, 9.17) is 0 Å². The zero-order chi connectivity index (χ0) is 25.7. The molecule has 0 bridgehead atoms. The maximum absolute atomic E-state index is 14.1. The van der Waals surface area contributed by atoms with Crippen LogP contribution in [0, 0.1) is 11.5 Å². The van der Waals surface area contributed by atoms with Crippen molar-refractivity contribution in [2.24, 2.45) is 0 Å². The van der Waals surface area contributed by atoms with Crippen molar-refractivity contribution in [3.05, 3.63) is 59.9 Å². The van der Waals surface area contributed by atoms with Crippen molar-refractivity contribution in [2.75, 3.05) is 11.4 Å². The molecule has 1 aromatic carbocycles. The number of nitrogens with zero attached hydrogens (tertiary/aromatic N) is 4. The Kier molecular flexibility index (Phi) is 7.93. The van der Waals surface area contributed by atoms with Crippen LogP contribution < -0.4 is 10.2 Å². The molecule has 0 radical (unpaired) electrons. The molecule has 1 aliphatic heterocycles. The van der Waals surface area contributed by atoms with Gasteiger partial charge in [-0.1, -0.05) is 58.2 Å². The molecule has 190 valence electrons. The predicted molar refractivity (Wildman–Crippen MR) is 140 cm³/mol. The van der Waals surface area contributed by atoms with Crippen molar-refractivity contribution in [1.29, 1.82) is 5.26 Å². The van der Waals surface area contributed by atoms with Crippen molar-refractivity contribution in [2.45, 2.75) is 89.3 Å². The summed E-state index contributed by atoms with van der Waals surface area (Å²) >= 11 is 0. The van der Waals surface area contributed by atoms with Crippen LogP contribution in [0.3, 0.4) is 0 Å². The van der Waals surface area contributed by atoms with Crippen molar-refractivity contribution in [3.8, 4) is 6.19 Å². The predicted octanol–water partition coefficient (Wildman–Crippen LogP) is 4.85. The van der Waals surface area contributed by atoms with Gasteiger partial charge >= 0.3 is 0 Å². The van der Waals surface area contributed by atoms with E-state index in [2.05, 4.69) is 37.3 Å². The molecule has 7 heteroatoms. The largest absolute Gasteiger partial charge is 0.351 e. The average Bonchev–Trinajstić information content (AvgIpc) is 3.36. The van der Waals surface area contributed by atoms with Gasteiger partial charge in [-0.05, 0) is 54.9 Å². The molecule has 2 aromatic rings. The van der Waals surface area contributed by atoms with Gasteiger partial charge in [0, 0.05) is 36.2 Å². The molecule has 1 saturated carbocycles. The van der Waals surface area contributed by atoms with E-state index in [-0.39, 0.29) is 23.3 Å². The minimum atomic E-state index is -0.880. The first-order valence-electron chi connectivity index (χ1n) is 13.1. The maximum atomic E-state index is 14.1. The average molecular weight is 488 g/mol. The van der Waals surface area contributed by atoms with Gasteiger partial charge in [-0.15, -0.1) is 0 Å². The van der Waals surface area contributed by atoms with E-state index in [1.807, 2.05) is 30.3 Å². The number of carbonyl (C=O) groups excluding carboxylic acids is 2. The van der Waals surface area contributed by atoms with Gasteiger partial charge in [0.1, 0.15) is 12.1 Å². The van der Waals surface area contributed by atoms with E-state index in [9.17, 15) is 14.9 Å². The molecule has 0 spiro atoms. The summed E-state index contributed by atoms with van der Waals surface area (Å²) in [5.41, 5.74) is 2.39. The molecule has 36 heavy (non-hydrogen) atoms. The fourth-order valence-corrected chi connectivity index (χ4v) is 5.31. The highest BCUT2D eigenvalue weighted by molar-refractivity contribution is 6.04. The van der Waals surface area contributed by atoms with Crippen molar-refractivity contribution >= 4 is 17.5 Å². The molecule has 4 rings (SSSR count). The number of hydrogen-bond acceptors (Lipinski definition) is 5.